The van der Waals surface area contributed by atoms with Gasteiger partial charge in [-0.1, -0.05) is 0 Å². The zero-order valence-corrected chi connectivity index (χ0v) is 10.1. The summed E-state index contributed by atoms with van der Waals surface area (Å²) in [6.45, 7) is 1.63. The van der Waals surface area contributed by atoms with Gasteiger partial charge in [-0.2, -0.15) is 10.2 Å². The highest BCUT2D eigenvalue weighted by molar-refractivity contribution is 7.92. The number of hydrogen-bond donors (Lipinski definition) is 2. The van der Waals surface area contributed by atoms with Gasteiger partial charge in [-0.05, 0) is 19.1 Å². The SMILES string of the molecule is Cc1nc(NS(=O)(=O)c2cccnc2C#N)n[nH]1. The fraction of sp³-hybridized carbons (Fsp3) is 0.111. The van der Waals surface area contributed by atoms with E-state index >= 15 is 0 Å². The molecule has 0 aliphatic heterocycles. The van der Waals surface area contributed by atoms with E-state index in [0.717, 1.165) is 0 Å². The van der Waals surface area contributed by atoms with Crippen molar-refractivity contribution in [1.29, 1.82) is 5.26 Å². The van der Waals surface area contributed by atoms with Gasteiger partial charge in [0.05, 0.1) is 0 Å². The molecule has 2 aromatic heterocycles. The van der Waals surface area contributed by atoms with Crippen LogP contribution in [0.2, 0.25) is 0 Å². The normalized spacial score (nSPS) is 10.9. The molecule has 0 bridgehead atoms. The third-order valence-corrected chi connectivity index (χ3v) is 3.35. The number of aromatic nitrogens is 4. The van der Waals surface area contributed by atoms with Crippen LogP contribution in [0.25, 0.3) is 0 Å². The Hall–Kier alpha value is -2.47. The van der Waals surface area contributed by atoms with Gasteiger partial charge in [0.25, 0.3) is 16.0 Å². The van der Waals surface area contributed by atoms with Crippen molar-refractivity contribution in [3.63, 3.8) is 0 Å². The van der Waals surface area contributed by atoms with Crippen LogP contribution in [0.5, 0.6) is 0 Å². The van der Waals surface area contributed by atoms with E-state index in [1.54, 1.807) is 13.0 Å². The minimum absolute atomic E-state index is 0.0831. The van der Waals surface area contributed by atoms with E-state index in [0.29, 0.717) is 5.82 Å². The molecule has 0 unspecified atom stereocenters. The van der Waals surface area contributed by atoms with E-state index in [2.05, 4.69) is 24.9 Å². The summed E-state index contributed by atoms with van der Waals surface area (Å²) >= 11 is 0. The first-order chi connectivity index (χ1) is 8.53. The average molecular weight is 264 g/mol. The highest BCUT2D eigenvalue weighted by atomic mass is 32.2. The molecular formula is C9H8N6O2S. The number of rotatable bonds is 3. The Bertz CT molecular complexity index is 715. The Morgan fingerprint density at radius 2 is 2.28 bits per heavy atom. The lowest BCUT2D eigenvalue weighted by molar-refractivity contribution is 0.600. The van der Waals surface area contributed by atoms with Crippen LogP contribution in [-0.4, -0.2) is 28.6 Å². The van der Waals surface area contributed by atoms with Crippen molar-refractivity contribution < 1.29 is 8.42 Å². The summed E-state index contributed by atoms with van der Waals surface area (Å²) in [5.74, 6) is 0.389. The summed E-state index contributed by atoms with van der Waals surface area (Å²) in [6, 6.07) is 4.43. The number of H-pyrrole nitrogens is 1. The third-order valence-electron chi connectivity index (χ3n) is 1.99. The molecule has 0 saturated carbocycles. The summed E-state index contributed by atoms with van der Waals surface area (Å²) in [4.78, 5) is 7.28. The first-order valence-corrected chi connectivity index (χ1v) is 6.28. The predicted molar refractivity (Wildman–Crippen MR) is 60.9 cm³/mol. The zero-order valence-electron chi connectivity index (χ0n) is 9.25. The minimum Gasteiger partial charge on any atom is -0.261 e. The second-order valence-corrected chi connectivity index (χ2v) is 4.96. The van der Waals surface area contributed by atoms with Crippen LogP contribution in [0, 0.1) is 18.3 Å². The van der Waals surface area contributed by atoms with Gasteiger partial charge in [-0.25, -0.2) is 18.1 Å². The van der Waals surface area contributed by atoms with Crippen molar-refractivity contribution in [2.24, 2.45) is 0 Å². The van der Waals surface area contributed by atoms with Crippen LogP contribution < -0.4 is 4.72 Å². The molecule has 92 valence electrons. The van der Waals surface area contributed by atoms with E-state index in [4.69, 9.17) is 5.26 Å². The van der Waals surface area contributed by atoms with Gasteiger partial charge in [0.2, 0.25) is 0 Å². The first-order valence-electron chi connectivity index (χ1n) is 4.80. The second-order valence-electron chi connectivity index (χ2n) is 3.31. The topological polar surface area (TPSA) is 124 Å². The van der Waals surface area contributed by atoms with Gasteiger partial charge >= 0.3 is 0 Å². The monoisotopic (exact) mass is 264 g/mol. The molecule has 2 rings (SSSR count). The maximum Gasteiger partial charge on any atom is 0.267 e. The lowest BCUT2D eigenvalue weighted by Gasteiger charge is -2.04. The molecule has 0 aromatic carbocycles. The molecule has 2 aromatic rings. The zero-order chi connectivity index (χ0) is 13.2. The van der Waals surface area contributed by atoms with Crippen LogP contribution in [-0.2, 0) is 10.0 Å². The largest absolute Gasteiger partial charge is 0.267 e. The molecule has 0 aliphatic rings. The molecular weight excluding hydrogens is 256 g/mol. The molecule has 9 heteroatoms. The Morgan fingerprint density at radius 1 is 1.50 bits per heavy atom. The average Bonchev–Trinajstić information content (AvgIpc) is 2.74. The van der Waals surface area contributed by atoms with Gasteiger partial charge in [0, 0.05) is 6.20 Å². The van der Waals surface area contributed by atoms with E-state index in [9.17, 15) is 8.42 Å². The van der Waals surface area contributed by atoms with Crippen LogP contribution >= 0.6 is 0 Å². The van der Waals surface area contributed by atoms with E-state index < -0.39 is 10.0 Å². The Morgan fingerprint density at radius 3 is 2.89 bits per heavy atom. The maximum atomic E-state index is 12.0. The third kappa shape index (κ3) is 2.28. The van der Waals surface area contributed by atoms with Gasteiger partial charge in [0.15, 0.2) is 5.69 Å². The standard InChI is InChI=1S/C9H8N6O2S/c1-6-12-9(14-13-6)15-18(16,17)8-3-2-4-11-7(8)5-10/h2-4H,1H3,(H2,12,13,14,15). The number of nitriles is 1. The summed E-state index contributed by atoms with van der Waals surface area (Å²) in [5.41, 5.74) is -0.183. The number of nitrogens with zero attached hydrogens (tertiary/aromatic N) is 4. The highest BCUT2D eigenvalue weighted by Crippen LogP contribution is 2.15. The van der Waals surface area contributed by atoms with Crippen LogP contribution in [0.4, 0.5) is 5.95 Å². The van der Waals surface area contributed by atoms with Gasteiger partial charge in [-0.3, -0.25) is 5.10 Å². The number of anilines is 1. The molecule has 0 atom stereocenters. The van der Waals surface area contributed by atoms with E-state index in [1.807, 2.05) is 0 Å². The molecule has 0 amide bonds. The molecule has 0 aliphatic carbocycles. The van der Waals surface area contributed by atoms with Crippen molar-refractivity contribution >= 4 is 16.0 Å². The Kier molecular flexibility index (Phi) is 2.95. The van der Waals surface area contributed by atoms with E-state index in [1.165, 1.54) is 18.3 Å². The van der Waals surface area contributed by atoms with Gasteiger partial charge in [0.1, 0.15) is 16.8 Å². The molecule has 0 spiro atoms. The van der Waals surface area contributed by atoms with Crippen molar-refractivity contribution in [2.45, 2.75) is 11.8 Å². The number of aromatic amines is 1. The number of pyridine rings is 1. The first kappa shape index (κ1) is 12.0. The molecule has 0 saturated heterocycles. The molecule has 0 radical (unpaired) electrons. The van der Waals surface area contributed by atoms with Gasteiger partial charge < -0.3 is 0 Å². The minimum atomic E-state index is -3.92. The molecule has 2 N–H and O–H groups in total. The second kappa shape index (κ2) is 4.42. The summed E-state index contributed by atoms with van der Waals surface area (Å²) in [5, 5.41) is 15.0. The smallest absolute Gasteiger partial charge is 0.261 e. The van der Waals surface area contributed by atoms with Crippen LogP contribution in [0.15, 0.2) is 23.2 Å². The lowest BCUT2D eigenvalue weighted by atomic mass is 10.4. The molecule has 8 nitrogen and oxygen atoms in total. The van der Waals surface area contributed by atoms with Crippen LogP contribution in [0.3, 0.4) is 0 Å². The summed E-state index contributed by atoms with van der Waals surface area (Å²) < 4.78 is 26.1. The van der Waals surface area contributed by atoms with E-state index in [-0.39, 0.29) is 16.5 Å². The predicted octanol–water partition coefficient (Wildman–Crippen LogP) is 0.181. The molecule has 2 heterocycles. The van der Waals surface area contributed by atoms with Crippen LogP contribution in [0.1, 0.15) is 11.5 Å². The Labute approximate surface area is 103 Å². The van der Waals surface area contributed by atoms with Crippen molar-refractivity contribution in [2.75, 3.05) is 4.72 Å². The van der Waals surface area contributed by atoms with Crippen molar-refractivity contribution in [3.05, 3.63) is 29.8 Å². The lowest BCUT2D eigenvalue weighted by Crippen LogP contribution is -2.15. The summed E-state index contributed by atoms with van der Waals surface area (Å²) in [6.07, 6.45) is 1.34. The fourth-order valence-electron chi connectivity index (χ4n) is 1.25. The quantitative estimate of drug-likeness (QED) is 0.814. The van der Waals surface area contributed by atoms with Crippen molar-refractivity contribution in [1.82, 2.24) is 20.2 Å². The Balaban J connectivity index is 2.40. The van der Waals surface area contributed by atoms with Gasteiger partial charge in [-0.15, -0.1) is 5.10 Å². The number of sulfonamides is 1. The van der Waals surface area contributed by atoms with Crippen molar-refractivity contribution in [3.8, 4) is 6.07 Å². The maximum absolute atomic E-state index is 12.0. The molecule has 18 heavy (non-hydrogen) atoms. The number of aryl methyl sites for hydroxylation is 1. The molecule has 0 fully saturated rings. The fourth-order valence-corrected chi connectivity index (χ4v) is 2.31. The number of hydrogen-bond acceptors (Lipinski definition) is 6. The highest BCUT2D eigenvalue weighted by Gasteiger charge is 2.20. The summed E-state index contributed by atoms with van der Waals surface area (Å²) in [7, 11) is -3.92. The number of nitrogens with one attached hydrogen (secondary N) is 2.